The zero-order chi connectivity index (χ0) is 21.7. The van der Waals surface area contributed by atoms with Crippen molar-refractivity contribution in [2.45, 2.75) is 49.6 Å². The highest BCUT2D eigenvalue weighted by Gasteiger charge is 2.26. The molecule has 9 heteroatoms. The van der Waals surface area contributed by atoms with Gasteiger partial charge in [0.05, 0.1) is 7.11 Å². The maximum absolute atomic E-state index is 13.0. The summed E-state index contributed by atoms with van der Waals surface area (Å²) in [6, 6.07) is 9.25. The zero-order valence-corrected chi connectivity index (χ0v) is 18.9. The summed E-state index contributed by atoms with van der Waals surface area (Å²) in [4.78, 5) is 12.6. The van der Waals surface area contributed by atoms with E-state index in [-0.39, 0.29) is 28.8 Å². The zero-order valence-electron chi connectivity index (χ0n) is 16.6. The average Bonchev–Trinajstić information content (AvgIpc) is 2.73. The predicted molar refractivity (Wildman–Crippen MR) is 118 cm³/mol. The maximum Gasteiger partial charge on any atom is 0.251 e. The lowest BCUT2D eigenvalue weighted by atomic mass is 9.96. The predicted octanol–water partition coefficient (Wildman–Crippen LogP) is 4.54. The Morgan fingerprint density at radius 2 is 1.83 bits per heavy atom. The van der Waals surface area contributed by atoms with E-state index in [1.54, 1.807) is 18.2 Å². The molecule has 6 nitrogen and oxygen atoms in total. The van der Waals surface area contributed by atoms with E-state index in [0.717, 1.165) is 32.1 Å². The molecule has 3 rings (SSSR count). The summed E-state index contributed by atoms with van der Waals surface area (Å²) in [6.07, 6.45) is 4.74. The Hall–Kier alpha value is -1.80. The van der Waals surface area contributed by atoms with Crippen LogP contribution in [0.25, 0.3) is 0 Å². The van der Waals surface area contributed by atoms with E-state index in [2.05, 4.69) is 10.0 Å². The summed E-state index contributed by atoms with van der Waals surface area (Å²) in [5, 5.41) is 3.70. The van der Waals surface area contributed by atoms with Crippen molar-refractivity contribution < 1.29 is 17.9 Å². The number of ether oxygens (including phenoxy) is 1. The first kappa shape index (κ1) is 22.9. The lowest BCUT2D eigenvalue weighted by molar-refractivity contribution is 0.0950. The van der Waals surface area contributed by atoms with Crippen LogP contribution in [0.4, 0.5) is 0 Å². The van der Waals surface area contributed by atoms with Crippen molar-refractivity contribution in [1.82, 2.24) is 10.0 Å². The number of sulfonamides is 1. The van der Waals surface area contributed by atoms with Crippen molar-refractivity contribution in [3.63, 3.8) is 0 Å². The van der Waals surface area contributed by atoms with Gasteiger partial charge < -0.3 is 10.1 Å². The number of hydrogen-bond acceptors (Lipinski definition) is 4. The van der Waals surface area contributed by atoms with Gasteiger partial charge in [-0.05, 0) is 48.7 Å². The van der Waals surface area contributed by atoms with Crippen LogP contribution in [-0.2, 0) is 16.6 Å². The number of carbonyl (C=O) groups is 1. The van der Waals surface area contributed by atoms with Gasteiger partial charge in [0.15, 0.2) is 0 Å². The number of benzene rings is 2. The summed E-state index contributed by atoms with van der Waals surface area (Å²) < 4.78 is 33.9. The Labute approximate surface area is 187 Å². The van der Waals surface area contributed by atoms with Crippen molar-refractivity contribution in [2.75, 3.05) is 7.11 Å². The van der Waals surface area contributed by atoms with E-state index in [4.69, 9.17) is 27.9 Å². The van der Waals surface area contributed by atoms with Gasteiger partial charge in [-0.3, -0.25) is 4.79 Å². The quantitative estimate of drug-likeness (QED) is 0.621. The third kappa shape index (κ3) is 5.66. The second-order valence-corrected chi connectivity index (χ2v) is 9.77. The smallest absolute Gasteiger partial charge is 0.251 e. The van der Waals surface area contributed by atoms with Crippen LogP contribution in [0.2, 0.25) is 10.0 Å². The highest BCUT2D eigenvalue weighted by Crippen LogP contribution is 2.27. The van der Waals surface area contributed by atoms with E-state index >= 15 is 0 Å². The van der Waals surface area contributed by atoms with Gasteiger partial charge in [0.1, 0.15) is 10.6 Å². The van der Waals surface area contributed by atoms with Crippen molar-refractivity contribution >= 4 is 39.1 Å². The lowest BCUT2D eigenvalue weighted by Gasteiger charge is -2.23. The summed E-state index contributed by atoms with van der Waals surface area (Å²) in [6.45, 7) is 0.184. The normalized spacial score (nSPS) is 15.0. The number of hydrogen-bond donors (Lipinski definition) is 2. The first-order valence-corrected chi connectivity index (χ1v) is 12.0. The molecule has 30 heavy (non-hydrogen) atoms. The maximum atomic E-state index is 13.0. The lowest BCUT2D eigenvalue weighted by Crippen LogP contribution is -2.36. The fraction of sp³-hybridized carbons (Fsp3) is 0.381. The highest BCUT2D eigenvalue weighted by molar-refractivity contribution is 7.89. The van der Waals surface area contributed by atoms with Gasteiger partial charge in [-0.25, -0.2) is 13.1 Å². The number of methoxy groups -OCH3 is 1. The molecule has 0 radical (unpaired) electrons. The van der Waals surface area contributed by atoms with Gasteiger partial charge in [-0.1, -0.05) is 48.5 Å². The molecule has 0 aliphatic heterocycles. The van der Waals surface area contributed by atoms with Crippen molar-refractivity contribution in [3.8, 4) is 5.75 Å². The largest absolute Gasteiger partial charge is 0.495 e. The van der Waals surface area contributed by atoms with Crippen LogP contribution in [0.5, 0.6) is 5.75 Å². The molecule has 2 aromatic rings. The molecule has 1 aliphatic carbocycles. The summed E-state index contributed by atoms with van der Waals surface area (Å²) in [5.74, 6) is -0.228. The van der Waals surface area contributed by atoms with Gasteiger partial charge in [-0.15, -0.1) is 0 Å². The van der Waals surface area contributed by atoms with Gasteiger partial charge in [0.2, 0.25) is 10.0 Å². The number of amides is 1. The molecule has 0 unspecified atom stereocenters. The van der Waals surface area contributed by atoms with Crippen molar-refractivity contribution in [1.29, 1.82) is 0 Å². The third-order valence-corrected chi connectivity index (χ3v) is 7.23. The van der Waals surface area contributed by atoms with E-state index in [0.29, 0.717) is 15.6 Å². The Morgan fingerprint density at radius 1 is 1.10 bits per heavy atom. The van der Waals surface area contributed by atoms with Gasteiger partial charge in [-0.2, -0.15) is 0 Å². The van der Waals surface area contributed by atoms with Gasteiger partial charge in [0, 0.05) is 28.2 Å². The number of carbonyl (C=O) groups excluding carboxylic acids is 1. The van der Waals surface area contributed by atoms with E-state index in [9.17, 15) is 13.2 Å². The average molecular weight is 471 g/mol. The monoisotopic (exact) mass is 470 g/mol. The van der Waals surface area contributed by atoms with Crippen LogP contribution >= 0.6 is 23.2 Å². The minimum absolute atomic E-state index is 0.0484. The minimum atomic E-state index is -3.83. The molecule has 1 fully saturated rings. The van der Waals surface area contributed by atoms with Crippen molar-refractivity contribution in [3.05, 3.63) is 57.6 Å². The fourth-order valence-corrected chi connectivity index (χ4v) is 5.45. The first-order valence-electron chi connectivity index (χ1n) is 9.72. The highest BCUT2D eigenvalue weighted by atomic mass is 35.5. The Balaban J connectivity index is 1.78. The molecule has 2 aromatic carbocycles. The fourth-order valence-electron chi connectivity index (χ4n) is 3.47. The standard InChI is InChI=1S/C21H24Cl2N2O4S/c1-29-19-10-8-14(21(26)24-13-15-7-9-16(22)12-18(15)23)11-20(19)30(27,28)25-17-5-3-2-4-6-17/h7-12,17,25H,2-6,13H2,1H3,(H,24,26). The van der Waals surface area contributed by atoms with Gasteiger partial charge in [0.25, 0.3) is 5.91 Å². The molecule has 1 aliphatic rings. The number of rotatable bonds is 7. The van der Waals surface area contributed by atoms with Crippen LogP contribution < -0.4 is 14.8 Å². The minimum Gasteiger partial charge on any atom is -0.495 e. The molecular formula is C21H24Cl2N2O4S. The molecule has 1 amide bonds. The molecule has 0 atom stereocenters. The number of nitrogens with one attached hydrogen (secondary N) is 2. The van der Waals surface area contributed by atoms with Gasteiger partial charge >= 0.3 is 0 Å². The molecule has 1 saturated carbocycles. The molecule has 0 aromatic heterocycles. The van der Waals surface area contributed by atoms with Crippen LogP contribution in [0.3, 0.4) is 0 Å². The molecule has 2 N–H and O–H groups in total. The van der Waals surface area contributed by atoms with Crippen molar-refractivity contribution in [2.24, 2.45) is 0 Å². The molecule has 0 heterocycles. The van der Waals surface area contributed by atoms with E-state index < -0.39 is 15.9 Å². The molecule has 0 saturated heterocycles. The summed E-state index contributed by atoms with van der Waals surface area (Å²) >= 11 is 12.0. The second-order valence-electron chi connectivity index (χ2n) is 7.24. The molecule has 162 valence electrons. The van der Waals surface area contributed by atoms with E-state index in [1.807, 2.05) is 0 Å². The van der Waals surface area contributed by atoms with E-state index in [1.165, 1.54) is 25.3 Å². The molecule has 0 spiro atoms. The molecule has 0 bridgehead atoms. The SMILES string of the molecule is COc1ccc(C(=O)NCc2ccc(Cl)cc2Cl)cc1S(=O)(=O)NC1CCCCC1. The van der Waals surface area contributed by atoms with Crippen LogP contribution in [0.1, 0.15) is 48.0 Å². The Morgan fingerprint density at radius 3 is 2.50 bits per heavy atom. The first-order chi connectivity index (χ1) is 14.3. The molecular weight excluding hydrogens is 447 g/mol. The summed E-state index contributed by atoms with van der Waals surface area (Å²) in [7, 11) is -2.43. The Bertz CT molecular complexity index is 1020. The second kappa shape index (κ2) is 10.0. The Kier molecular flexibility index (Phi) is 7.63. The van der Waals surface area contributed by atoms with Crippen LogP contribution in [0, 0.1) is 0 Å². The number of halogens is 2. The summed E-state index contributed by atoms with van der Waals surface area (Å²) in [5.41, 5.74) is 0.916. The third-order valence-electron chi connectivity index (χ3n) is 5.10. The van der Waals surface area contributed by atoms with Crippen LogP contribution in [0.15, 0.2) is 41.3 Å². The van der Waals surface area contributed by atoms with Crippen LogP contribution in [-0.4, -0.2) is 27.5 Å². The topological polar surface area (TPSA) is 84.5 Å².